The average Bonchev–Trinajstić information content (AvgIpc) is 2.54. The minimum atomic E-state index is -3.37. The first-order valence-electron chi connectivity index (χ1n) is 9.68. The first-order chi connectivity index (χ1) is 11.1. The summed E-state index contributed by atoms with van der Waals surface area (Å²) in [7, 11) is -3.37. The molecule has 0 spiro atoms. The van der Waals surface area contributed by atoms with E-state index in [1.54, 1.807) is 0 Å². The predicted molar refractivity (Wildman–Crippen MR) is 111 cm³/mol. The van der Waals surface area contributed by atoms with Gasteiger partial charge in [0.1, 0.15) is 0 Å². The first kappa shape index (κ1) is 27.5. The van der Waals surface area contributed by atoms with Crippen molar-refractivity contribution in [2.45, 2.75) is 110 Å². The van der Waals surface area contributed by atoms with Gasteiger partial charge in [0.15, 0.2) is 0 Å². The third-order valence-electron chi connectivity index (χ3n) is 4.36. The fourth-order valence-electron chi connectivity index (χ4n) is 2.86. The van der Waals surface area contributed by atoms with Crippen LogP contribution in [0.5, 0.6) is 0 Å². The molecule has 0 heterocycles. The van der Waals surface area contributed by atoms with Crippen molar-refractivity contribution in [3.8, 4) is 0 Å². The Kier molecular flexibility index (Phi) is 23.6. The summed E-state index contributed by atoms with van der Waals surface area (Å²) in [5.74, 6) is 0.0922. The van der Waals surface area contributed by atoms with Gasteiger partial charge < -0.3 is 0 Å². The van der Waals surface area contributed by atoms with E-state index in [9.17, 15) is 8.42 Å². The molecule has 0 saturated carbocycles. The van der Waals surface area contributed by atoms with Crippen LogP contribution in [0.1, 0.15) is 110 Å². The van der Waals surface area contributed by atoms with Crippen LogP contribution in [0, 0.1) is 0 Å². The molecular formula is C18H39NaO3S2. The zero-order valence-electron chi connectivity index (χ0n) is 15.1. The van der Waals surface area contributed by atoms with Crippen molar-refractivity contribution >= 4 is 52.6 Å². The van der Waals surface area contributed by atoms with Crippen molar-refractivity contribution in [1.29, 1.82) is 0 Å². The molecule has 142 valence electrons. The molecule has 0 fully saturated rings. The van der Waals surface area contributed by atoms with Gasteiger partial charge in [0.2, 0.25) is 0 Å². The molecule has 0 aliphatic heterocycles. The second kappa shape index (κ2) is 20.6. The molecule has 0 aliphatic carbocycles. The third kappa shape index (κ3) is 21.3. The standard InChI is InChI=1S/C18H38O3S2.Na.H/c1-2-3-4-5-6-7-8-9-10-11-12-13-14-15-16-17-18-23(19,20)21-22;;/h22H,2-18H2,1H3;;. The summed E-state index contributed by atoms with van der Waals surface area (Å²) in [4.78, 5) is 0. The maximum absolute atomic E-state index is 11.0. The van der Waals surface area contributed by atoms with Crippen molar-refractivity contribution in [2.75, 3.05) is 5.75 Å². The summed E-state index contributed by atoms with van der Waals surface area (Å²) >= 11 is 3.34. The Morgan fingerprint density at radius 3 is 1.21 bits per heavy atom. The van der Waals surface area contributed by atoms with Gasteiger partial charge in [0, 0.05) is 0 Å². The molecule has 0 saturated heterocycles. The monoisotopic (exact) mass is 390 g/mol. The van der Waals surface area contributed by atoms with Crippen LogP contribution in [0.3, 0.4) is 0 Å². The van der Waals surface area contributed by atoms with Crippen LogP contribution in [-0.4, -0.2) is 43.7 Å². The van der Waals surface area contributed by atoms with Crippen LogP contribution < -0.4 is 0 Å². The fraction of sp³-hybridized carbons (Fsp3) is 1.00. The van der Waals surface area contributed by atoms with Crippen LogP contribution in [0.4, 0.5) is 0 Å². The van der Waals surface area contributed by atoms with Crippen LogP contribution in [0.25, 0.3) is 0 Å². The topological polar surface area (TPSA) is 43.4 Å². The molecule has 0 radical (unpaired) electrons. The molecule has 0 aromatic carbocycles. The number of hydrogen-bond acceptors (Lipinski definition) is 4. The second-order valence-corrected chi connectivity index (χ2v) is 8.76. The summed E-state index contributed by atoms with van der Waals surface area (Å²) in [5, 5.41) is 0. The molecule has 0 aromatic rings. The van der Waals surface area contributed by atoms with E-state index in [1.165, 1.54) is 83.5 Å². The first-order valence-corrected chi connectivity index (χ1v) is 11.6. The Balaban J connectivity index is 0. The maximum atomic E-state index is 11.0. The molecule has 3 nitrogen and oxygen atoms in total. The van der Waals surface area contributed by atoms with Crippen LogP contribution >= 0.6 is 12.9 Å². The van der Waals surface area contributed by atoms with Gasteiger partial charge in [-0.05, 0) is 19.3 Å². The van der Waals surface area contributed by atoms with Crippen molar-refractivity contribution in [3.63, 3.8) is 0 Å². The van der Waals surface area contributed by atoms with Crippen LogP contribution in [0.2, 0.25) is 0 Å². The van der Waals surface area contributed by atoms with Crippen molar-refractivity contribution in [1.82, 2.24) is 0 Å². The Labute approximate surface area is 179 Å². The van der Waals surface area contributed by atoms with E-state index in [-0.39, 0.29) is 35.3 Å². The predicted octanol–water partition coefficient (Wildman–Crippen LogP) is 5.79. The Hall–Kier alpha value is 1.26. The zero-order chi connectivity index (χ0) is 17.2. The van der Waals surface area contributed by atoms with Gasteiger partial charge in [-0.3, -0.25) is 0 Å². The van der Waals surface area contributed by atoms with Gasteiger partial charge in [0.05, 0.1) is 5.75 Å². The van der Waals surface area contributed by atoms with Gasteiger partial charge >= 0.3 is 29.6 Å². The van der Waals surface area contributed by atoms with E-state index in [1.807, 2.05) is 0 Å². The third-order valence-corrected chi connectivity index (χ3v) is 6.06. The van der Waals surface area contributed by atoms with E-state index >= 15 is 0 Å². The molecule has 6 heteroatoms. The van der Waals surface area contributed by atoms with E-state index in [4.69, 9.17) is 0 Å². The Morgan fingerprint density at radius 2 is 0.917 bits per heavy atom. The molecule has 0 bridgehead atoms. The van der Waals surface area contributed by atoms with Crippen LogP contribution in [0.15, 0.2) is 0 Å². The van der Waals surface area contributed by atoms with E-state index in [0.29, 0.717) is 6.42 Å². The molecule has 0 aliphatic rings. The fourth-order valence-corrected chi connectivity index (χ4v) is 3.72. The second-order valence-electron chi connectivity index (χ2n) is 6.64. The van der Waals surface area contributed by atoms with E-state index < -0.39 is 10.1 Å². The molecule has 0 rings (SSSR count). The van der Waals surface area contributed by atoms with E-state index in [0.717, 1.165) is 12.8 Å². The summed E-state index contributed by atoms with van der Waals surface area (Å²) in [6.45, 7) is 2.27. The number of rotatable bonds is 18. The SMILES string of the molecule is CCCCCCCCCCCCCCCCCCS(=O)(=O)OS.[NaH]. The molecule has 0 N–H and O–H groups in total. The van der Waals surface area contributed by atoms with Crippen molar-refractivity contribution in [3.05, 3.63) is 0 Å². The number of unbranched alkanes of at least 4 members (excludes halogenated alkanes) is 15. The van der Waals surface area contributed by atoms with Crippen LogP contribution in [-0.2, 0) is 13.7 Å². The molecule has 0 aromatic heterocycles. The van der Waals surface area contributed by atoms with Crippen molar-refractivity contribution in [2.24, 2.45) is 0 Å². The minimum absolute atomic E-state index is 0. The summed E-state index contributed by atoms with van der Waals surface area (Å²) < 4.78 is 26.2. The number of hydrogen-bond donors (Lipinski definition) is 1. The molecule has 24 heavy (non-hydrogen) atoms. The van der Waals surface area contributed by atoms with Gasteiger partial charge in [0.25, 0.3) is 10.1 Å². The van der Waals surface area contributed by atoms with Crippen molar-refractivity contribution < 1.29 is 12.0 Å². The average molecular weight is 391 g/mol. The summed E-state index contributed by atoms with van der Waals surface area (Å²) in [5.41, 5.74) is 0. The summed E-state index contributed by atoms with van der Waals surface area (Å²) in [6, 6.07) is 0. The zero-order valence-corrected chi connectivity index (χ0v) is 16.8. The molecule has 0 unspecified atom stereocenters. The molecular weight excluding hydrogens is 351 g/mol. The molecule has 0 amide bonds. The van der Waals surface area contributed by atoms with Gasteiger partial charge in [-0.25, -0.2) is 3.63 Å². The normalized spacial score (nSPS) is 11.4. The van der Waals surface area contributed by atoms with E-state index in [2.05, 4.69) is 23.5 Å². The Morgan fingerprint density at radius 1 is 0.625 bits per heavy atom. The Bertz CT molecular complexity index is 335. The molecule has 0 atom stereocenters. The van der Waals surface area contributed by atoms with Gasteiger partial charge in [-0.2, -0.15) is 8.42 Å². The van der Waals surface area contributed by atoms with Gasteiger partial charge in [-0.15, -0.1) is 0 Å². The van der Waals surface area contributed by atoms with Gasteiger partial charge in [-0.1, -0.05) is 103 Å². The number of thiol groups is 1. The quantitative estimate of drug-likeness (QED) is 0.139. The summed E-state index contributed by atoms with van der Waals surface area (Å²) in [6.07, 6.45) is 20.6.